The molecule has 1 atom stereocenters. The lowest BCUT2D eigenvalue weighted by atomic mass is 9.92. The van der Waals surface area contributed by atoms with Gasteiger partial charge in [-0.05, 0) is 48.9 Å². The molecule has 4 heteroatoms. The molecule has 1 aliphatic rings. The monoisotopic (exact) mass is 328 g/mol. The number of rotatable bonds is 5. The van der Waals surface area contributed by atoms with E-state index in [0.717, 1.165) is 23.5 Å². The van der Waals surface area contributed by atoms with Crippen LogP contribution in [0.15, 0.2) is 55.1 Å². The molecule has 0 amide bonds. The molecule has 0 aliphatic carbocycles. The lowest BCUT2D eigenvalue weighted by Gasteiger charge is -2.26. The molecule has 0 aromatic heterocycles. The smallest absolute Gasteiger partial charge is 0.155 e. The average Bonchev–Trinajstić information content (AvgIpc) is 2.57. The fraction of sp³-hybridized carbons (Fsp3) is 0.211. The predicted octanol–water partition coefficient (Wildman–Crippen LogP) is 4.83. The van der Waals surface area contributed by atoms with Gasteiger partial charge in [0.05, 0.1) is 6.61 Å². The number of hydrogen-bond donors (Lipinski definition) is 0. The number of carbonyl (C=O) groups excluding carboxylic acids is 1. The van der Waals surface area contributed by atoms with Crippen LogP contribution in [0.5, 0.6) is 17.2 Å². The Bertz CT molecular complexity index is 722. The van der Waals surface area contributed by atoms with Gasteiger partial charge in [0.1, 0.15) is 17.2 Å². The number of ketones is 1. The molecule has 2 aromatic carbocycles. The van der Waals surface area contributed by atoms with Crippen molar-refractivity contribution in [2.75, 3.05) is 6.61 Å². The molecule has 0 spiro atoms. The van der Waals surface area contributed by atoms with Crippen molar-refractivity contribution in [2.24, 2.45) is 5.92 Å². The summed E-state index contributed by atoms with van der Waals surface area (Å²) in [5.41, 5.74) is 0.996. The molecule has 1 aliphatic heterocycles. The second-order valence-corrected chi connectivity index (χ2v) is 5.98. The molecule has 0 bridgehead atoms. The molecular weight excluding hydrogens is 312 g/mol. The van der Waals surface area contributed by atoms with Gasteiger partial charge in [-0.1, -0.05) is 24.2 Å². The van der Waals surface area contributed by atoms with Crippen molar-refractivity contribution in [3.05, 3.63) is 65.7 Å². The van der Waals surface area contributed by atoms with Crippen molar-refractivity contribution in [2.45, 2.75) is 12.8 Å². The van der Waals surface area contributed by atoms with E-state index in [-0.39, 0.29) is 11.7 Å². The van der Waals surface area contributed by atoms with Crippen LogP contribution in [0.3, 0.4) is 0 Å². The SMILES string of the molecule is C=CC(=O)CC1COc2cccc(Oc3ccc(Cl)cc3)c2C1. The molecule has 0 N–H and O–H groups in total. The van der Waals surface area contributed by atoms with E-state index in [1.165, 1.54) is 6.08 Å². The average molecular weight is 329 g/mol. The first-order valence-corrected chi connectivity index (χ1v) is 7.87. The first-order valence-electron chi connectivity index (χ1n) is 7.49. The Balaban J connectivity index is 1.82. The van der Waals surface area contributed by atoms with E-state index in [1.54, 1.807) is 12.1 Å². The van der Waals surface area contributed by atoms with Crippen LogP contribution in [0.2, 0.25) is 5.02 Å². The fourth-order valence-electron chi connectivity index (χ4n) is 2.66. The molecule has 3 nitrogen and oxygen atoms in total. The number of hydrogen-bond acceptors (Lipinski definition) is 3. The quantitative estimate of drug-likeness (QED) is 0.737. The van der Waals surface area contributed by atoms with Gasteiger partial charge >= 0.3 is 0 Å². The van der Waals surface area contributed by atoms with Crippen LogP contribution in [0.1, 0.15) is 12.0 Å². The van der Waals surface area contributed by atoms with E-state index in [1.807, 2.05) is 30.3 Å². The number of carbonyl (C=O) groups is 1. The molecule has 0 saturated carbocycles. The zero-order valence-corrected chi connectivity index (χ0v) is 13.4. The standard InChI is InChI=1S/C19H17ClO3/c1-2-15(21)10-13-11-17-18(22-12-13)4-3-5-19(17)23-16-8-6-14(20)7-9-16/h2-9,13H,1,10-12H2. The molecule has 2 aromatic rings. The van der Waals surface area contributed by atoms with Crippen molar-refractivity contribution < 1.29 is 14.3 Å². The summed E-state index contributed by atoms with van der Waals surface area (Å²) in [6.45, 7) is 4.06. The molecule has 0 radical (unpaired) electrons. The van der Waals surface area contributed by atoms with Gasteiger partial charge in [-0.25, -0.2) is 0 Å². The summed E-state index contributed by atoms with van der Waals surface area (Å²) in [4.78, 5) is 11.6. The third-order valence-corrected chi connectivity index (χ3v) is 4.07. The molecule has 0 saturated heterocycles. The largest absolute Gasteiger partial charge is 0.493 e. The zero-order chi connectivity index (χ0) is 16.2. The van der Waals surface area contributed by atoms with Gasteiger partial charge in [-0.3, -0.25) is 4.79 Å². The molecular formula is C19H17ClO3. The van der Waals surface area contributed by atoms with Crippen LogP contribution in [-0.4, -0.2) is 12.4 Å². The highest BCUT2D eigenvalue weighted by Crippen LogP contribution is 2.37. The topological polar surface area (TPSA) is 35.5 Å². The van der Waals surface area contributed by atoms with Gasteiger partial charge in [0.15, 0.2) is 5.78 Å². The van der Waals surface area contributed by atoms with Crippen LogP contribution in [0.25, 0.3) is 0 Å². The Morgan fingerprint density at radius 1 is 1.30 bits per heavy atom. The van der Waals surface area contributed by atoms with Crippen molar-refractivity contribution in [3.63, 3.8) is 0 Å². The zero-order valence-electron chi connectivity index (χ0n) is 12.6. The summed E-state index contributed by atoms with van der Waals surface area (Å²) in [7, 11) is 0. The first-order chi connectivity index (χ1) is 11.2. The second-order valence-electron chi connectivity index (χ2n) is 5.54. The van der Waals surface area contributed by atoms with Gasteiger partial charge in [0, 0.05) is 22.9 Å². The minimum atomic E-state index is 0.0400. The highest BCUT2D eigenvalue weighted by Gasteiger charge is 2.24. The van der Waals surface area contributed by atoms with Crippen molar-refractivity contribution in [1.29, 1.82) is 0 Å². The molecule has 118 valence electrons. The normalized spacial score (nSPS) is 16.1. The van der Waals surface area contributed by atoms with E-state index in [9.17, 15) is 4.79 Å². The minimum Gasteiger partial charge on any atom is -0.493 e. The van der Waals surface area contributed by atoms with Gasteiger partial charge in [0.2, 0.25) is 0 Å². The highest BCUT2D eigenvalue weighted by molar-refractivity contribution is 6.30. The van der Waals surface area contributed by atoms with Gasteiger partial charge < -0.3 is 9.47 Å². The van der Waals surface area contributed by atoms with Crippen LogP contribution in [-0.2, 0) is 11.2 Å². The minimum absolute atomic E-state index is 0.0400. The van der Waals surface area contributed by atoms with Crippen molar-refractivity contribution >= 4 is 17.4 Å². The highest BCUT2D eigenvalue weighted by atomic mass is 35.5. The number of benzene rings is 2. The van der Waals surface area contributed by atoms with Gasteiger partial charge in [-0.15, -0.1) is 0 Å². The van der Waals surface area contributed by atoms with Crippen LogP contribution < -0.4 is 9.47 Å². The Labute approximate surface area is 140 Å². The van der Waals surface area contributed by atoms with E-state index >= 15 is 0 Å². The summed E-state index contributed by atoms with van der Waals surface area (Å²) >= 11 is 5.90. The first kappa shape index (κ1) is 15.6. The number of fused-ring (bicyclic) bond motifs is 1. The Morgan fingerprint density at radius 3 is 2.83 bits per heavy atom. The Kier molecular flexibility index (Phi) is 4.68. The molecule has 1 heterocycles. The van der Waals surface area contributed by atoms with E-state index in [2.05, 4.69) is 6.58 Å². The molecule has 3 rings (SSSR count). The van der Waals surface area contributed by atoms with Gasteiger partial charge in [0.25, 0.3) is 0 Å². The third-order valence-electron chi connectivity index (χ3n) is 3.82. The predicted molar refractivity (Wildman–Crippen MR) is 90.5 cm³/mol. The van der Waals surface area contributed by atoms with E-state index in [4.69, 9.17) is 21.1 Å². The third kappa shape index (κ3) is 3.74. The Hall–Kier alpha value is -2.26. The molecule has 1 unspecified atom stereocenters. The van der Waals surface area contributed by atoms with Crippen LogP contribution in [0, 0.1) is 5.92 Å². The van der Waals surface area contributed by atoms with Crippen molar-refractivity contribution in [3.8, 4) is 17.2 Å². The number of ether oxygens (including phenoxy) is 2. The number of allylic oxidation sites excluding steroid dienone is 1. The van der Waals surface area contributed by atoms with Crippen LogP contribution >= 0.6 is 11.6 Å². The summed E-state index contributed by atoms with van der Waals surface area (Å²) in [6, 6.07) is 13.0. The maximum Gasteiger partial charge on any atom is 0.155 e. The second kappa shape index (κ2) is 6.88. The molecule has 23 heavy (non-hydrogen) atoms. The summed E-state index contributed by atoms with van der Waals surface area (Å²) < 4.78 is 11.8. The summed E-state index contributed by atoms with van der Waals surface area (Å²) in [6.07, 6.45) is 2.56. The van der Waals surface area contributed by atoms with Crippen molar-refractivity contribution in [1.82, 2.24) is 0 Å². The molecule has 0 fully saturated rings. The van der Waals surface area contributed by atoms with Crippen LogP contribution in [0.4, 0.5) is 0 Å². The maximum absolute atomic E-state index is 11.6. The summed E-state index contributed by atoms with van der Waals surface area (Å²) in [5.74, 6) is 2.47. The lowest BCUT2D eigenvalue weighted by Crippen LogP contribution is -2.23. The fourth-order valence-corrected chi connectivity index (χ4v) is 2.79. The van der Waals surface area contributed by atoms with E-state index < -0.39 is 0 Å². The van der Waals surface area contributed by atoms with E-state index in [0.29, 0.717) is 23.8 Å². The number of halogens is 1. The lowest BCUT2D eigenvalue weighted by molar-refractivity contribution is -0.115. The van der Waals surface area contributed by atoms with Gasteiger partial charge in [-0.2, -0.15) is 0 Å². The summed E-state index contributed by atoms with van der Waals surface area (Å²) in [5, 5.41) is 0.666. The maximum atomic E-state index is 11.6. The Morgan fingerprint density at radius 2 is 2.09 bits per heavy atom.